The van der Waals surface area contributed by atoms with E-state index in [1.807, 2.05) is 24.3 Å². The average molecular weight is 368 g/mol. The molecule has 142 valence electrons. The van der Waals surface area contributed by atoms with Crippen LogP contribution in [0.1, 0.15) is 35.4 Å². The summed E-state index contributed by atoms with van der Waals surface area (Å²) in [5.74, 6) is 1.19. The Kier molecular flexibility index (Phi) is 5.14. The molecule has 2 aromatic rings. The first-order valence-electron chi connectivity index (χ1n) is 9.54. The van der Waals surface area contributed by atoms with Gasteiger partial charge in [-0.05, 0) is 49.4 Å². The summed E-state index contributed by atoms with van der Waals surface area (Å²) in [5, 5.41) is 3.19. The molecule has 0 radical (unpaired) electrons. The molecule has 1 atom stereocenters. The lowest BCUT2D eigenvalue weighted by atomic mass is 9.95. The molecule has 6 nitrogen and oxygen atoms in total. The summed E-state index contributed by atoms with van der Waals surface area (Å²) in [6, 6.07) is 11.4. The van der Waals surface area contributed by atoms with Gasteiger partial charge in [-0.3, -0.25) is 9.59 Å². The second-order valence-electron chi connectivity index (χ2n) is 7.20. The Morgan fingerprint density at radius 2 is 1.85 bits per heavy atom. The number of hydrogen-bond donors (Lipinski definition) is 1. The van der Waals surface area contributed by atoms with Crippen LogP contribution in [0.4, 0.5) is 0 Å². The molecule has 1 aromatic carbocycles. The zero-order valence-corrected chi connectivity index (χ0v) is 15.2. The summed E-state index contributed by atoms with van der Waals surface area (Å²) >= 11 is 0. The number of furan rings is 1. The van der Waals surface area contributed by atoms with Crippen molar-refractivity contribution in [3.63, 3.8) is 0 Å². The van der Waals surface area contributed by atoms with Gasteiger partial charge in [0.25, 0.3) is 5.91 Å². The Bertz CT molecular complexity index is 794. The van der Waals surface area contributed by atoms with Gasteiger partial charge in [-0.15, -0.1) is 0 Å². The molecule has 1 aromatic heterocycles. The number of nitrogens with one attached hydrogen (secondary N) is 1. The minimum Gasteiger partial charge on any atom is -0.493 e. The standard InChI is InChI=1S/C21H24N2O4/c24-20(16-9-13-27-18-5-2-1-4-15(18)14-16)22-17-7-10-23(11-8-17)21(25)19-6-3-12-26-19/h1-6,12,16-17H,7-11,13-14H2,(H,22,24). The van der Waals surface area contributed by atoms with Gasteiger partial charge in [-0.25, -0.2) is 0 Å². The van der Waals surface area contributed by atoms with Crippen molar-refractivity contribution in [2.24, 2.45) is 5.92 Å². The Morgan fingerprint density at radius 3 is 2.63 bits per heavy atom. The quantitative estimate of drug-likeness (QED) is 0.904. The third kappa shape index (κ3) is 3.99. The predicted octanol–water partition coefficient (Wildman–Crippen LogP) is 2.64. The molecule has 0 bridgehead atoms. The third-order valence-electron chi connectivity index (χ3n) is 5.39. The highest BCUT2D eigenvalue weighted by molar-refractivity contribution is 5.91. The van der Waals surface area contributed by atoms with Crippen molar-refractivity contribution in [3.05, 3.63) is 54.0 Å². The van der Waals surface area contributed by atoms with E-state index in [1.54, 1.807) is 17.0 Å². The topological polar surface area (TPSA) is 71.8 Å². The monoisotopic (exact) mass is 368 g/mol. The smallest absolute Gasteiger partial charge is 0.289 e. The van der Waals surface area contributed by atoms with Crippen LogP contribution in [0.15, 0.2) is 47.1 Å². The average Bonchev–Trinajstić information content (AvgIpc) is 3.14. The van der Waals surface area contributed by atoms with Crippen LogP contribution in [0.5, 0.6) is 5.75 Å². The lowest BCUT2D eigenvalue weighted by Crippen LogP contribution is -2.48. The van der Waals surface area contributed by atoms with Crippen LogP contribution in [-0.4, -0.2) is 42.5 Å². The molecule has 1 saturated heterocycles. The Hall–Kier alpha value is -2.76. The molecule has 6 heteroatoms. The first-order chi connectivity index (χ1) is 13.2. The lowest BCUT2D eigenvalue weighted by Gasteiger charge is -2.32. The molecule has 0 aliphatic carbocycles. The fourth-order valence-electron chi connectivity index (χ4n) is 3.82. The second-order valence-corrected chi connectivity index (χ2v) is 7.20. The molecule has 2 aliphatic rings. The van der Waals surface area contributed by atoms with Crippen LogP contribution >= 0.6 is 0 Å². The maximum absolute atomic E-state index is 12.8. The summed E-state index contributed by atoms with van der Waals surface area (Å²) in [6.07, 6.45) is 4.46. The maximum atomic E-state index is 12.8. The molecule has 2 amide bonds. The van der Waals surface area contributed by atoms with E-state index in [2.05, 4.69) is 5.32 Å². The van der Waals surface area contributed by atoms with Crippen molar-refractivity contribution in [2.45, 2.75) is 31.7 Å². The summed E-state index contributed by atoms with van der Waals surface area (Å²) < 4.78 is 10.9. The number of rotatable bonds is 3. The van der Waals surface area contributed by atoms with Crippen molar-refractivity contribution in [2.75, 3.05) is 19.7 Å². The van der Waals surface area contributed by atoms with Gasteiger partial charge < -0.3 is 19.4 Å². The Morgan fingerprint density at radius 1 is 1.04 bits per heavy atom. The largest absolute Gasteiger partial charge is 0.493 e. The number of piperidine rings is 1. The highest BCUT2D eigenvalue weighted by Gasteiger charge is 2.29. The summed E-state index contributed by atoms with van der Waals surface area (Å²) in [7, 11) is 0. The van der Waals surface area contributed by atoms with E-state index < -0.39 is 0 Å². The molecular weight excluding hydrogens is 344 g/mol. The molecule has 0 spiro atoms. The highest BCUT2D eigenvalue weighted by atomic mass is 16.5. The van der Waals surface area contributed by atoms with Crippen LogP contribution in [0.25, 0.3) is 0 Å². The third-order valence-corrected chi connectivity index (χ3v) is 5.39. The molecule has 2 aliphatic heterocycles. The first kappa shape index (κ1) is 17.6. The molecule has 3 heterocycles. The van der Waals surface area contributed by atoms with Crippen molar-refractivity contribution < 1.29 is 18.7 Å². The number of para-hydroxylation sites is 1. The van der Waals surface area contributed by atoms with E-state index in [0.717, 1.165) is 30.6 Å². The van der Waals surface area contributed by atoms with Crippen LogP contribution in [0.2, 0.25) is 0 Å². The molecule has 4 rings (SSSR count). The number of fused-ring (bicyclic) bond motifs is 1. The number of carbonyl (C=O) groups excluding carboxylic acids is 2. The number of likely N-dealkylation sites (tertiary alicyclic amines) is 1. The van der Waals surface area contributed by atoms with Crippen LogP contribution in [0, 0.1) is 5.92 Å². The van der Waals surface area contributed by atoms with E-state index >= 15 is 0 Å². The van der Waals surface area contributed by atoms with Crippen LogP contribution < -0.4 is 10.1 Å². The molecule has 1 fully saturated rings. The minimum atomic E-state index is -0.0812. The van der Waals surface area contributed by atoms with Gasteiger partial charge in [0.2, 0.25) is 5.91 Å². The van der Waals surface area contributed by atoms with E-state index in [-0.39, 0.29) is 23.8 Å². The van der Waals surface area contributed by atoms with Gasteiger partial charge >= 0.3 is 0 Å². The fraction of sp³-hybridized carbons (Fsp3) is 0.429. The van der Waals surface area contributed by atoms with Gasteiger partial charge in [-0.1, -0.05) is 18.2 Å². The van der Waals surface area contributed by atoms with E-state index in [1.165, 1.54) is 6.26 Å². The molecular formula is C21H24N2O4. The van der Waals surface area contributed by atoms with Crippen LogP contribution in [0.3, 0.4) is 0 Å². The summed E-state index contributed by atoms with van der Waals surface area (Å²) in [5.41, 5.74) is 1.09. The maximum Gasteiger partial charge on any atom is 0.289 e. The van der Waals surface area contributed by atoms with Crippen molar-refractivity contribution in [3.8, 4) is 5.75 Å². The SMILES string of the molecule is O=C(NC1CCN(C(=O)c2ccco2)CC1)C1CCOc2ccccc2C1. The normalized spacial score (nSPS) is 20.3. The van der Waals surface area contributed by atoms with Gasteiger partial charge in [0.1, 0.15) is 5.75 Å². The summed E-state index contributed by atoms with van der Waals surface area (Å²) in [4.78, 5) is 26.9. The highest BCUT2D eigenvalue weighted by Crippen LogP contribution is 2.27. The molecule has 1 unspecified atom stereocenters. The van der Waals surface area contributed by atoms with E-state index in [0.29, 0.717) is 31.9 Å². The molecule has 27 heavy (non-hydrogen) atoms. The van der Waals surface area contributed by atoms with Crippen molar-refractivity contribution in [1.29, 1.82) is 0 Å². The molecule has 0 saturated carbocycles. The zero-order valence-electron chi connectivity index (χ0n) is 15.2. The summed E-state index contributed by atoms with van der Waals surface area (Å²) in [6.45, 7) is 1.81. The van der Waals surface area contributed by atoms with E-state index in [4.69, 9.17) is 9.15 Å². The zero-order chi connectivity index (χ0) is 18.6. The van der Waals surface area contributed by atoms with Crippen LogP contribution in [-0.2, 0) is 11.2 Å². The number of benzene rings is 1. The molecule has 1 N–H and O–H groups in total. The van der Waals surface area contributed by atoms with Gasteiger partial charge in [-0.2, -0.15) is 0 Å². The second kappa shape index (κ2) is 7.86. The number of ether oxygens (including phenoxy) is 1. The number of amides is 2. The number of hydrogen-bond acceptors (Lipinski definition) is 4. The van der Waals surface area contributed by atoms with E-state index in [9.17, 15) is 9.59 Å². The number of carbonyl (C=O) groups is 2. The lowest BCUT2D eigenvalue weighted by molar-refractivity contribution is -0.126. The van der Waals surface area contributed by atoms with Gasteiger partial charge in [0, 0.05) is 25.0 Å². The van der Waals surface area contributed by atoms with Gasteiger partial charge in [0.15, 0.2) is 5.76 Å². The first-order valence-corrected chi connectivity index (χ1v) is 9.54. The Labute approximate surface area is 158 Å². The van der Waals surface area contributed by atoms with Gasteiger partial charge in [0.05, 0.1) is 12.9 Å². The van der Waals surface area contributed by atoms with Crippen molar-refractivity contribution in [1.82, 2.24) is 10.2 Å². The van der Waals surface area contributed by atoms with Crippen molar-refractivity contribution >= 4 is 11.8 Å². The minimum absolute atomic E-state index is 0.0727. The number of nitrogens with zero attached hydrogens (tertiary/aromatic N) is 1. The Balaban J connectivity index is 1.30. The fourth-order valence-corrected chi connectivity index (χ4v) is 3.82. The predicted molar refractivity (Wildman–Crippen MR) is 99.5 cm³/mol.